The average Bonchev–Trinajstić information content (AvgIpc) is 3.52. The van der Waals surface area contributed by atoms with Gasteiger partial charge in [0.15, 0.2) is 11.5 Å². The maximum absolute atomic E-state index is 12.6. The molecule has 9 heteroatoms. The number of rotatable bonds is 10. The van der Waals surface area contributed by atoms with Gasteiger partial charge in [-0.1, -0.05) is 55.4 Å². The predicted octanol–water partition coefficient (Wildman–Crippen LogP) is 4.69. The smallest absolute Gasteiger partial charge is 0.227 e. The highest BCUT2D eigenvalue weighted by Gasteiger charge is 2.15. The predicted molar refractivity (Wildman–Crippen MR) is 132 cm³/mol. The number of aryl methyl sites for hydroxylation is 1. The molecule has 2 heterocycles. The Morgan fingerprint density at radius 1 is 1.09 bits per heavy atom. The first-order valence-electron chi connectivity index (χ1n) is 11.4. The number of nitrogens with zero attached hydrogens (tertiary/aromatic N) is 4. The van der Waals surface area contributed by atoms with Gasteiger partial charge in [-0.3, -0.25) is 4.79 Å². The lowest BCUT2D eigenvalue weighted by Crippen LogP contribution is -2.16. The summed E-state index contributed by atoms with van der Waals surface area (Å²) in [7, 11) is 3.19. The van der Waals surface area contributed by atoms with E-state index in [4.69, 9.17) is 14.0 Å². The summed E-state index contributed by atoms with van der Waals surface area (Å²) in [5.41, 5.74) is 3.01. The van der Waals surface area contributed by atoms with Crippen molar-refractivity contribution in [3.8, 4) is 22.9 Å². The Balaban J connectivity index is 1.36. The molecule has 182 valence electrons. The molecule has 0 spiro atoms. The second-order valence-corrected chi connectivity index (χ2v) is 8.36. The molecule has 0 fully saturated rings. The first kappa shape index (κ1) is 24.0. The lowest BCUT2D eigenvalue weighted by atomic mass is 10.0. The Kier molecular flexibility index (Phi) is 7.45. The summed E-state index contributed by atoms with van der Waals surface area (Å²) in [5, 5.41) is 11.3. The number of anilines is 1. The molecule has 35 heavy (non-hydrogen) atoms. The van der Waals surface area contributed by atoms with Gasteiger partial charge >= 0.3 is 0 Å². The maximum atomic E-state index is 12.6. The lowest BCUT2D eigenvalue weighted by molar-refractivity contribution is -0.116. The van der Waals surface area contributed by atoms with E-state index < -0.39 is 0 Å². The van der Waals surface area contributed by atoms with Crippen LogP contribution in [0.1, 0.15) is 43.2 Å². The van der Waals surface area contributed by atoms with Crippen molar-refractivity contribution in [2.75, 3.05) is 19.5 Å². The van der Waals surface area contributed by atoms with E-state index in [-0.39, 0.29) is 12.3 Å². The summed E-state index contributed by atoms with van der Waals surface area (Å²) in [5.74, 6) is 3.06. The van der Waals surface area contributed by atoms with Crippen molar-refractivity contribution in [2.24, 2.45) is 0 Å². The van der Waals surface area contributed by atoms with Gasteiger partial charge in [-0.15, -0.1) is 0 Å². The number of aromatic nitrogens is 4. The van der Waals surface area contributed by atoms with E-state index in [1.807, 2.05) is 30.3 Å². The molecule has 0 atom stereocenters. The Bertz CT molecular complexity index is 1280. The van der Waals surface area contributed by atoms with E-state index in [0.717, 1.165) is 11.1 Å². The van der Waals surface area contributed by atoms with Crippen LogP contribution in [0.4, 0.5) is 5.82 Å². The highest BCUT2D eigenvalue weighted by Crippen LogP contribution is 2.31. The van der Waals surface area contributed by atoms with Crippen LogP contribution in [0.3, 0.4) is 0 Å². The fourth-order valence-electron chi connectivity index (χ4n) is 3.72. The number of hydrogen-bond acceptors (Lipinski definition) is 7. The molecule has 0 saturated heterocycles. The third-order valence-corrected chi connectivity index (χ3v) is 5.66. The van der Waals surface area contributed by atoms with Crippen LogP contribution in [0.15, 0.2) is 59.3 Å². The minimum Gasteiger partial charge on any atom is -0.493 e. The SMILES string of the molecule is COc1cccc(Cn2nccc2NC(=O)CCc2nc(-c3ccc(C(C)C)cc3)no2)c1OC. The molecular weight excluding hydrogens is 446 g/mol. The molecule has 9 nitrogen and oxygen atoms in total. The van der Waals surface area contributed by atoms with Crippen LogP contribution >= 0.6 is 0 Å². The molecule has 0 bridgehead atoms. The number of hydrogen-bond donors (Lipinski definition) is 1. The van der Waals surface area contributed by atoms with Gasteiger partial charge in [0.1, 0.15) is 5.82 Å². The first-order valence-corrected chi connectivity index (χ1v) is 11.4. The summed E-state index contributed by atoms with van der Waals surface area (Å²) in [6.07, 6.45) is 2.17. The molecule has 1 amide bonds. The van der Waals surface area contributed by atoms with E-state index in [1.54, 1.807) is 31.2 Å². The van der Waals surface area contributed by atoms with Gasteiger partial charge in [0.25, 0.3) is 0 Å². The van der Waals surface area contributed by atoms with Crippen LogP contribution in [-0.4, -0.2) is 40.0 Å². The van der Waals surface area contributed by atoms with Crippen molar-refractivity contribution < 1.29 is 18.8 Å². The molecule has 2 aromatic heterocycles. The summed E-state index contributed by atoms with van der Waals surface area (Å²) in [6, 6.07) is 15.5. The number of para-hydroxylation sites is 1. The van der Waals surface area contributed by atoms with Crippen molar-refractivity contribution in [3.63, 3.8) is 0 Å². The average molecular weight is 476 g/mol. The molecule has 0 aliphatic rings. The minimum absolute atomic E-state index is 0.176. The van der Waals surface area contributed by atoms with Gasteiger partial charge in [0.05, 0.1) is 27.0 Å². The number of amides is 1. The molecule has 4 rings (SSSR count). The number of ether oxygens (including phenoxy) is 2. The van der Waals surface area contributed by atoms with Gasteiger partial charge in [-0.2, -0.15) is 10.1 Å². The third kappa shape index (κ3) is 5.68. The number of carbonyl (C=O) groups excluding carboxylic acids is 1. The topological polar surface area (TPSA) is 104 Å². The Labute approximate surface area is 204 Å². The maximum Gasteiger partial charge on any atom is 0.227 e. The second kappa shape index (κ2) is 10.9. The van der Waals surface area contributed by atoms with Gasteiger partial charge in [0, 0.05) is 30.0 Å². The fraction of sp³-hybridized carbons (Fsp3) is 0.308. The highest BCUT2D eigenvalue weighted by molar-refractivity contribution is 5.89. The van der Waals surface area contributed by atoms with E-state index >= 15 is 0 Å². The van der Waals surface area contributed by atoms with Crippen LogP contribution in [0.25, 0.3) is 11.4 Å². The molecule has 2 aromatic carbocycles. The van der Waals surface area contributed by atoms with Gasteiger partial charge in [0.2, 0.25) is 17.6 Å². The van der Waals surface area contributed by atoms with Crippen molar-refractivity contribution >= 4 is 11.7 Å². The fourth-order valence-corrected chi connectivity index (χ4v) is 3.72. The molecule has 1 N–H and O–H groups in total. The zero-order valence-electron chi connectivity index (χ0n) is 20.3. The summed E-state index contributed by atoms with van der Waals surface area (Å²) in [6.45, 7) is 4.70. The third-order valence-electron chi connectivity index (χ3n) is 5.66. The zero-order valence-corrected chi connectivity index (χ0v) is 20.3. The highest BCUT2D eigenvalue weighted by atomic mass is 16.5. The Morgan fingerprint density at radius 3 is 2.60 bits per heavy atom. The van der Waals surface area contributed by atoms with Gasteiger partial charge < -0.3 is 19.3 Å². The van der Waals surface area contributed by atoms with Crippen molar-refractivity contribution in [2.45, 2.75) is 39.2 Å². The van der Waals surface area contributed by atoms with Gasteiger partial charge in [-0.05, 0) is 17.5 Å². The second-order valence-electron chi connectivity index (χ2n) is 8.36. The quantitative estimate of drug-likeness (QED) is 0.355. The molecule has 0 aliphatic carbocycles. The number of carbonyl (C=O) groups is 1. The summed E-state index contributed by atoms with van der Waals surface area (Å²) >= 11 is 0. The number of nitrogens with one attached hydrogen (secondary N) is 1. The van der Waals surface area contributed by atoms with E-state index in [1.165, 1.54) is 5.56 Å². The van der Waals surface area contributed by atoms with Crippen LogP contribution in [0.5, 0.6) is 11.5 Å². The standard InChI is InChI=1S/C26H29N5O4/c1-17(2)18-8-10-19(11-9-18)26-29-24(35-30-26)13-12-23(32)28-22-14-15-27-31(22)16-20-6-5-7-21(33-3)25(20)34-4/h5-11,14-15,17H,12-13,16H2,1-4H3,(H,28,32). The van der Waals surface area contributed by atoms with Crippen molar-refractivity contribution in [1.82, 2.24) is 19.9 Å². The first-order chi connectivity index (χ1) is 17.0. The largest absolute Gasteiger partial charge is 0.493 e. The number of methoxy groups -OCH3 is 2. The summed E-state index contributed by atoms with van der Waals surface area (Å²) < 4.78 is 17.9. The number of benzene rings is 2. The lowest BCUT2D eigenvalue weighted by Gasteiger charge is -2.14. The van der Waals surface area contributed by atoms with Crippen molar-refractivity contribution in [3.05, 3.63) is 71.7 Å². The molecule has 0 radical (unpaired) electrons. The van der Waals surface area contributed by atoms with Crippen LogP contribution in [-0.2, 0) is 17.8 Å². The zero-order chi connectivity index (χ0) is 24.8. The molecule has 0 unspecified atom stereocenters. The van der Waals surface area contributed by atoms with Crippen LogP contribution in [0, 0.1) is 0 Å². The van der Waals surface area contributed by atoms with E-state index in [2.05, 4.69) is 46.5 Å². The van der Waals surface area contributed by atoms with Crippen LogP contribution in [0.2, 0.25) is 0 Å². The molecule has 0 saturated carbocycles. The Hall–Kier alpha value is -4.14. The molecular formula is C26H29N5O4. The molecule has 0 aliphatic heterocycles. The monoisotopic (exact) mass is 475 g/mol. The van der Waals surface area contributed by atoms with Gasteiger partial charge in [-0.25, -0.2) is 4.68 Å². The summed E-state index contributed by atoms with van der Waals surface area (Å²) in [4.78, 5) is 17.0. The molecule has 4 aromatic rings. The minimum atomic E-state index is -0.176. The Morgan fingerprint density at radius 2 is 1.89 bits per heavy atom. The van der Waals surface area contributed by atoms with E-state index in [9.17, 15) is 4.79 Å². The van der Waals surface area contributed by atoms with Crippen molar-refractivity contribution in [1.29, 1.82) is 0 Å². The normalized spacial score (nSPS) is 11.0. The van der Waals surface area contributed by atoms with E-state index in [0.29, 0.717) is 47.9 Å². The van der Waals surface area contributed by atoms with Crippen LogP contribution < -0.4 is 14.8 Å².